The number of benzene rings is 1. The first-order valence-corrected chi connectivity index (χ1v) is 7.23. The Kier molecular flexibility index (Phi) is 4.98. The minimum Gasteiger partial charge on any atom is -0.370 e. The Labute approximate surface area is 130 Å². The Balaban J connectivity index is 2.13. The highest BCUT2D eigenvalue weighted by molar-refractivity contribution is 9.10. The lowest BCUT2D eigenvalue weighted by Crippen LogP contribution is -2.13. The van der Waals surface area contributed by atoms with Crippen LogP contribution in [0.5, 0.6) is 0 Å². The lowest BCUT2D eigenvalue weighted by molar-refractivity contribution is 0.102. The molecule has 1 aromatic heterocycles. The van der Waals surface area contributed by atoms with E-state index in [1.54, 1.807) is 24.3 Å². The van der Waals surface area contributed by atoms with E-state index in [0.29, 0.717) is 16.3 Å². The van der Waals surface area contributed by atoms with Crippen LogP contribution in [0.15, 0.2) is 41.0 Å². The molecule has 104 valence electrons. The summed E-state index contributed by atoms with van der Waals surface area (Å²) in [6.45, 7) is 2.77. The SMILES string of the molecule is CCNc1ccc(C(=O)Nc2cc(Br)ccc2Cl)cn1. The van der Waals surface area contributed by atoms with Gasteiger partial charge >= 0.3 is 0 Å². The summed E-state index contributed by atoms with van der Waals surface area (Å²) in [7, 11) is 0. The third-order valence-electron chi connectivity index (χ3n) is 2.56. The van der Waals surface area contributed by atoms with E-state index in [0.717, 1.165) is 16.8 Å². The maximum atomic E-state index is 12.1. The van der Waals surface area contributed by atoms with E-state index in [1.807, 2.05) is 13.0 Å². The number of hydrogen-bond donors (Lipinski definition) is 2. The van der Waals surface area contributed by atoms with E-state index in [1.165, 1.54) is 6.20 Å². The molecule has 0 aliphatic rings. The maximum Gasteiger partial charge on any atom is 0.257 e. The normalized spacial score (nSPS) is 10.2. The molecule has 6 heteroatoms. The predicted molar refractivity (Wildman–Crippen MR) is 85.5 cm³/mol. The lowest BCUT2D eigenvalue weighted by atomic mass is 10.2. The first-order chi connectivity index (χ1) is 9.60. The average molecular weight is 355 g/mol. The molecule has 0 bridgehead atoms. The van der Waals surface area contributed by atoms with Crippen molar-refractivity contribution >= 4 is 44.9 Å². The van der Waals surface area contributed by atoms with Crippen molar-refractivity contribution in [1.29, 1.82) is 0 Å². The molecule has 1 heterocycles. The zero-order valence-corrected chi connectivity index (χ0v) is 13.1. The fourth-order valence-electron chi connectivity index (χ4n) is 1.60. The van der Waals surface area contributed by atoms with E-state index in [-0.39, 0.29) is 5.91 Å². The fourth-order valence-corrected chi connectivity index (χ4v) is 2.13. The molecule has 0 atom stereocenters. The summed E-state index contributed by atoms with van der Waals surface area (Å²) in [4.78, 5) is 16.3. The van der Waals surface area contributed by atoms with Crippen LogP contribution in [0.25, 0.3) is 0 Å². The van der Waals surface area contributed by atoms with Crippen LogP contribution in [-0.2, 0) is 0 Å². The molecule has 0 aliphatic heterocycles. The number of rotatable bonds is 4. The summed E-state index contributed by atoms with van der Waals surface area (Å²) in [5, 5.41) is 6.31. The molecule has 0 saturated carbocycles. The lowest BCUT2D eigenvalue weighted by Gasteiger charge is -2.08. The van der Waals surface area contributed by atoms with Crippen molar-refractivity contribution in [3.05, 3.63) is 51.6 Å². The summed E-state index contributed by atoms with van der Waals surface area (Å²) in [6.07, 6.45) is 1.53. The largest absolute Gasteiger partial charge is 0.370 e. The number of carbonyl (C=O) groups is 1. The van der Waals surface area contributed by atoms with Gasteiger partial charge in [-0.1, -0.05) is 27.5 Å². The van der Waals surface area contributed by atoms with Crippen molar-refractivity contribution in [3.63, 3.8) is 0 Å². The molecule has 2 rings (SSSR count). The third kappa shape index (κ3) is 3.71. The van der Waals surface area contributed by atoms with Crippen LogP contribution < -0.4 is 10.6 Å². The Hall–Kier alpha value is -1.59. The second kappa shape index (κ2) is 6.72. The number of nitrogens with zero attached hydrogens (tertiary/aromatic N) is 1. The molecule has 0 aliphatic carbocycles. The summed E-state index contributed by atoms with van der Waals surface area (Å²) in [5.41, 5.74) is 1.03. The molecule has 0 unspecified atom stereocenters. The van der Waals surface area contributed by atoms with Gasteiger partial charge in [0.1, 0.15) is 5.82 Å². The highest BCUT2D eigenvalue weighted by Gasteiger charge is 2.09. The van der Waals surface area contributed by atoms with Crippen LogP contribution in [0.4, 0.5) is 11.5 Å². The monoisotopic (exact) mass is 353 g/mol. The van der Waals surface area contributed by atoms with E-state index in [9.17, 15) is 4.79 Å². The number of amides is 1. The number of anilines is 2. The molecule has 0 saturated heterocycles. The van der Waals surface area contributed by atoms with E-state index in [2.05, 4.69) is 31.5 Å². The van der Waals surface area contributed by atoms with Gasteiger partial charge < -0.3 is 10.6 Å². The van der Waals surface area contributed by atoms with Gasteiger partial charge in [-0.25, -0.2) is 4.98 Å². The molecule has 0 fully saturated rings. The van der Waals surface area contributed by atoms with Crippen LogP contribution in [0.2, 0.25) is 5.02 Å². The second-order valence-electron chi connectivity index (χ2n) is 4.04. The minimum atomic E-state index is -0.249. The number of aromatic nitrogens is 1. The number of hydrogen-bond acceptors (Lipinski definition) is 3. The Bertz CT molecular complexity index is 616. The van der Waals surface area contributed by atoms with E-state index >= 15 is 0 Å². The fraction of sp³-hybridized carbons (Fsp3) is 0.143. The number of carbonyl (C=O) groups excluding carboxylic acids is 1. The van der Waals surface area contributed by atoms with Gasteiger partial charge in [-0.15, -0.1) is 0 Å². The molecule has 1 aromatic carbocycles. The van der Waals surface area contributed by atoms with Crippen LogP contribution in [0, 0.1) is 0 Å². The molecule has 2 aromatic rings. The van der Waals surface area contributed by atoms with Gasteiger partial charge in [0.25, 0.3) is 5.91 Å². The summed E-state index contributed by atoms with van der Waals surface area (Å²) in [6, 6.07) is 8.76. The quantitative estimate of drug-likeness (QED) is 0.866. The third-order valence-corrected chi connectivity index (χ3v) is 3.38. The molecular weight excluding hydrogens is 342 g/mol. The Morgan fingerprint density at radius 2 is 2.15 bits per heavy atom. The first kappa shape index (κ1) is 14.8. The van der Waals surface area contributed by atoms with Crippen LogP contribution in [0.3, 0.4) is 0 Å². The van der Waals surface area contributed by atoms with Gasteiger partial charge in [0.05, 0.1) is 16.3 Å². The van der Waals surface area contributed by atoms with Gasteiger partial charge in [-0.3, -0.25) is 4.79 Å². The topological polar surface area (TPSA) is 54.0 Å². The second-order valence-corrected chi connectivity index (χ2v) is 5.36. The van der Waals surface area contributed by atoms with Crippen LogP contribution >= 0.6 is 27.5 Å². The van der Waals surface area contributed by atoms with E-state index < -0.39 is 0 Å². The highest BCUT2D eigenvalue weighted by atomic mass is 79.9. The number of halogens is 2. The number of pyridine rings is 1. The van der Waals surface area contributed by atoms with Crippen molar-refractivity contribution in [2.75, 3.05) is 17.2 Å². The van der Waals surface area contributed by atoms with Crippen LogP contribution in [0.1, 0.15) is 17.3 Å². The average Bonchev–Trinajstić information content (AvgIpc) is 2.44. The Morgan fingerprint density at radius 3 is 2.80 bits per heavy atom. The highest BCUT2D eigenvalue weighted by Crippen LogP contribution is 2.26. The summed E-state index contributed by atoms with van der Waals surface area (Å²) >= 11 is 9.37. The molecule has 1 amide bonds. The summed E-state index contributed by atoms with van der Waals surface area (Å²) < 4.78 is 0.845. The zero-order valence-electron chi connectivity index (χ0n) is 10.8. The van der Waals surface area contributed by atoms with Gasteiger partial charge in [-0.2, -0.15) is 0 Å². The zero-order chi connectivity index (χ0) is 14.5. The van der Waals surface area contributed by atoms with Crippen LogP contribution in [-0.4, -0.2) is 17.4 Å². The van der Waals surface area contributed by atoms with Crippen molar-refractivity contribution < 1.29 is 4.79 Å². The molecule has 0 spiro atoms. The van der Waals surface area contributed by atoms with Gasteiger partial charge in [0.15, 0.2) is 0 Å². The molecule has 20 heavy (non-hydrogen) atoms. The molecule has 2 N–H and O–H groups in total. The minimum absolute atomic E-state index is 0.249. The van der Waals surface area contributed by atoms with Gasteiger partial charge in [0.2, 0.25) is 0 Å². The van der Waals surface area contributed by atoms with Crippen molar-refractivity contribution in [3.8, 4) is 0 Å². The Morgan fingerprint density at radius 1 is 1.35 bits per heavy atom. The number of nitrogens with one attached hydrogen (secondary N) is 2. The van der Waals surface area contributed by atoms with Gasteiger partial charge in [0, 0.05) is 17.2 Å². The van der Waals surface area contributed by atoms with E-state index in [4.69, 9.17) is 11.6 Å². The maximum absolute atomic E-state index is 12.1. The van der Waals surface area contributed by atoms with Crippen molar-refractivity contribution in [2.24, 2.45) is 0 Å². The molecule has 4 nitrogen and oxygen atoms in total. The molecule has 0 radical (unpaired) electrons. The van der Waals surface area contributed by atoms with Crippen molar-refractivity contribution in [2.45, 2.75) is 6.92 Å². The summed E-state index contributed by atoms with van der Waals surface area (Å²) in [5.74, 6) is 0.491. The first-order valence-electron chi connectivity index (χ1n) is 6.06. The standard InChI is InChI=1S/C14H13BrClN3O/c1-2-17-13-6-3-9(8-18-13)14(20)19-12-7-10(15)4-5-11(12)16/h3-8H,2H2,1H3,(H,17,18)(H,19,20). The smallest absolute Gasteiger partial charge is 0.257 e. The predicted octanol–water partition coefficient (Wildman–Crippen LogP) is 4.18. The molecular formula is C14H13BrClN3O. The van der Waals surface area contributed by atoms with Gasteiger partial charge in [-0.05, 0) is 37.3 Å². The van der Waals surface area contributed by atoms with Crippen molar-refractivity contribution in [1.82, 2.24) is 4.98 Å².